The van der Waals surface area contributed by atoms with Crippen LogP contribution in [0.1, 0.15) is 44.0 Å². The molecule has 27 heavy (non-hydrogen) atoms. The third kappa shape index (κ3) is 5.88. The summed E-state index contributed by atoms with van der Waals surface area (Å²) < 4.78 is 16.7. The Bertz CT molecular complexity index is 694. The SMILES string of the molecule is COc1cc(I)c(C(=O)NC2CCN(C(=O)OC(C)(C)C)CC2)cc1OC. The van der Waals surface area contributed by atoms with E-state index in [1.165, 1.54) is 0 Å². The first kappa shape index (κ1) is 21.6. The highest BCUT2D eigenvalue weighted by atomic mass is 127. The van der Waals surface area contributed by atoms with Crippen LogP contribution in [-0.2, 0) is 4.74 Å². The number of carbonyl (C=O) groups is 2. The number of benzene rings is 1. The van der Waals surface area contributed by atoms with Gasteiger partial charge in [0.2, 0.25) is 0 Å². The molecule has 1 aliphatic rings. The summed E-state index contributed by atoms with van der Waals surface area (Å²) in [6.07, 6.45) is 1.07. The van der Waals surface area contributed by atoms with Crippen molar-refractivity contribution in [2.75, 3.05) is 27.3 Å². The first-order valence-electron chi connectivity index (χ1n) is 8.85. The second-order valence-electron chi connectivity index (χ2n) is 7.40. The largest absolute Gasteiger partial charge is 0.493 e. The van der Waals surface area contributed by atoms with Crippen LogP contribution in [0.2, 0.25) is 0 Å². The molecule has 1 N–H and O–H groups in total. The van der Waals surface area contributed by atoms with E-state index in [-0.39, 0.29) is 18.0 Å². The molecular weight excluding hydrogens is 463 g/mol. The van der Waals surface area contributed by atoms with E-state index in [9.17, 15) is 9.59 Å². The molecule has 2 amide bonds. The number of nitrogens with zero attached hydrogens (tertiary/aromatic N) is 1. The van der Waals surface area contributed by atoms with Crippen LogP contribution >= 0.6 is 22.6 Å². The summed E-state index contributed by atoms with van der Waals surface area (Å²) in [5.41, 5.74) is 0.0366. The Morgan fingerprint density at radius 2 is 1.67 bits per heavy atom. The van der Waals surface area contributed by atoms with Crippen molar-refractivity contribution in [3.05, 3.63) is 21.3 Å². The van der Waals surface area contributed by atoms with Crippen molar-refractivity contribution in [3.8, 4) is 11.5 Å². The van der Waals surface area contributed by atoms with Gasteiger partial charge in [-0.1, -0.05) is 0 Å². The minimum Gasteiger partial charge on any atom is -0.493 e. The number of halogens is 1. The summed E-state index contributed by atoms with van der Waals surface area (Å²) in [6, 6.07) is 3.48. The van der Waals surface area contributed by atoms with Crippen LogP contribution in [0.15, 0.2) is 12.1 Å². The van der Waals surface area contributed by atoms with Gasteiger partial charge >= 0.3 is 6.09 Å². The molecular formula is C19H27IN2O5. The van der Waals surface area contributed by atoms with Gasteiger partial charge in [-0.3, -0.25) is 4.79 Å². The summed E-state index contributed by atoms with van der Waals surface area (Å²) in [5, 5.41) is 3.05. The molecule has 1 saturated heterocycles. The van der Waals surface area contributed by atoms with Gasteiger partial charge in [-0.05, 0) is 68.3 Å². The monoisotopic (exact) mass is 490 g/mol. The minimum absolute atomic E-state index is 0.0140. The van der Waals surface area contributed by atoms with Gasteiger partial charge in [0.25, 0.3) is 5.91 Å². The standard InChI is InChI=1S/C19H27IN2O5/c1-19(2,3)27-18(24)22-8-6-12(7-9-22)21-17(23)13-10-15(25-4)16(26-5)11-14(13)20/h10-12H,6-9H2,1-5H3,(H,21,23). The van der Waals surface area contributed by atoms with Crippen LogP contribution < -0.4 is 14.8 Å². The van der Waals surface area contributed by atoms with Crippen molar-refractivity contribution >= 4 is 34.6 Å². The molecule has 0 atom stereocenters. The van der Waals surface area contributed by atoms with Gasteiger partial charge in [0.15, 0.2) is 11.5 Å². The van der Waals surface area contributed by atoms with Gasteiger partial charge in [-0.2, -0.15) is 0 Å². The number of carbonyl (C=O) groups excluding carboxylic acids is 2. The molecule has 150 valence electrons. The van der Waals surface area contributed by atoms with Gasteiger partial charge in [-0.15, -0.1) is 0 Å². The van der Waals surface area contributed by atoms with Crippen molar-refractivity contribution in [2.45, 2.75) is 45.3 Å². The fraction of sp³-hybridized carbons (Fsp3) is 0.579. The highest BCUT2D eigenvalue weighted by molar-refractivity contribution is 14.1. The average molecular weight is 490 g/mol. The van der Waals surface area contributed by atoms with Gasteiger partial charge in [-0.25, -0.2) is 4.79 Å². The average Bonchev–Trinajstić information content (AvgIpc) is 2.60. The molecule has 0 radical (unpaired) electrons. The molecule has 7 nitrogen and oxygen atoms in total. The Balaban J connectivity index is 1.96. The van der Waals surface area contributed by atoms with Crippen LogP contribution in [0.5, 0.6) is 11.5 Å². The predicted octanol–water partition coefficient (Wildman–Crippen LogP) is 3.44. The highest BCUT2D eigenvalue weighted by Crippen LogP contribution is 2.31. The number of nitrogens with one attached hydrogen (secondary N) is 1. The maximum absolute atomic E-state index is 12.7. The number of rotatable bonds is 4. The van der Waals surface area contributed by atoms with Gasteiger partial charge < -0.3 is 24.4 Å². The van der Waals surface area contributed by atoms with E-state index in [1.807, 2.05) is 20.8 Å². The number of likely N-dealkylation sites (tertiary alicyclic amines) is 1. The predicted molar refractivity (Wildman–Crippen MR) is 111 cm³/mol. The molecule has 1 fully saturated rings. The van der Waals surface area contributed by atoms with Gasteiger partial charge in [0.1, 0.15) is 5.60 Å². The van der Waals surface area contributed by atoms with Crippen molar-refractivity contribution in [1.82, 2.24) is 10.2 Å². The molecule has 8 heteroatoms. The Morgan fingerprint density at radius 1 is 1.11 bits per heavy atom. The molecule has 0 aliphatic carbocycles. The maximum atomic E-state index is 12.7. The maximum Gasteiger partial charge on any atom is 0.410 e. The molecule has 2 rings (SSSR count). The van der Waals surface area contributed by atoms with Crippen LogP contribution in [0.3, 0.4) is 0 Å². The van der Waals surface area contributed by atoms with Crippen LogP contribution in [0, 0.1) is 3.57 Å². The number of hydrogen-bond donors (Lipinski definition) is 1. The molecule has 0 aromatic heterocycles. The van der Waals surface area contributed by atoms with Crippen molar-refractivity contribution in [2.24, 2.45) is 0 Å². The topological polar surface area (TPSA) is 77.1 Å². The highest BCUT2D eigenvalue weighted by Gasteiger charge is 2.28. The smallest absolute Gasteiger partial charge is 0.410 e. The van der Waals surface area contributed by atoms with Gasteiger partial charge in [0.05, 0.1) is 19.8 Å². The number of methoxy groups -OCH3 is 2. The number of amides is 2. The zero-order valence-electron chi connectivity index (χ0n) is 16.4. The molecule has 0 spiro atoms. The number of ether oxygens (including phenoxy) is 3. The van der Waals surface area contributed by atoms with Crippen LogP contribution in [0.4, 0.5) is 4.79 Å². The Labute approximate surface area is 173 Å². The fourth-order valence-electron chi connectivity index (χ4n) is 2.82. The Kier molecular flexibility index (Phi) is 7.19. The molecule has 0 saturated carbocycles. The molecule has 1 aromatic carbocycles. The molecule has 1 aromatic rings. The van der Waals surface area contributed by atoms with Crippen LogP contribution in [0.25, 0.3) is 0 Å². The van der Waals surface area contributed by atoms with E-state index in [2.05, 4.69) is 27.9 Å². The van der Waals surface area contributed by atoms with Crippen molar-refractivity contribution in [3.63, 3.8) is 0 Å². The fourth-order valence-corrected chi connectivity index (χ4v) is 3.51. The number of hydrogen-bond acceptors (Lipinski definition) is 5. The van der Waals surface area contributed by atoms with E-state index >= 15 is 0 Å². The Morgan fingerprint density at radius 3 is 2.19 bits per heavy atom. The first-order chi connectivity index (χ1) is 12.6. The quantitative estimate of drug-likeness (QED) is 0.655. The second kappa shape index (κ2) is 8.99. The molecule has 1 heterocycles. The summed E-state index contributed by atoms with van der Waals surface area (Å²) in [5.74, 6) is 0.947. The normalized spacial score (nSPS) is 15.3. The first-order valence-corrected chi connectivity index (χ1v) is 9.92. The lowest BCUT2D eigenvalue weighted by molar-refractivity contribution is 0.0199. The van der Waals surface area contributed by atoms with Gasteiger partial charge in [0, 0.05) is 22.7 Å². The summed E-state index contributed by atoms with van der Waals surface area (Å²) in [4.78, 5) is 26.5. The summed E-state index contributed by atoms with van der Waals surface area (Å²) >= 11 is 2.11. The lowest BCUT2D eigenvalue weighted by atomic mass is 10.0. The van der Waals surface area contributed by atoms with E-state index in [4.69, 9.17) is 14.2 Å². The zero-order chi connectivity index (χ0) is 20.2. The minimum atomic E-state index is -0.508. The lowest BCUT2D eigenvalue weighted by Gasteiger charge is -2.33. The molecule has 0 bridgehead atoms. The van der Waals surface area contributed by atoms with E-state index in [0.29, 0.717) is 43.0 Å². The van der Waals surface area contributed by atoms with E-state index in [0.717, 1.165) is 3.57 Å². The van der Waals surface area contributed by atoms with E-state index < -0.39 is 5.60 Å². The lowest BCUT2D eigenvalue weighted by Crippen LogP contribution is -2.47. The zero-order valence-corrected chi connectivity index (χ0v) is 18.6. The van der Waals surface area contributed by atoms with Crippen molar-refractivity contribution < 1.29 is 23.8 Å². The third-order valence-corrected chi connectivity index (χ3v) is 5.09. The molecule has 1 aliphatic heterocycles. The van der Waals surface area contributed by atoms with E-state index in [1.54, 1.807) is 31.3 Å². The summed E-state index contributed by atoms with van der Waals surface area (Å²) in [7, 11) is 3.10. The second-order valence-corrected chi connectivity index (χ2v) is 8.56. The third-order valence-electron chi connectivity index (χ3n) is 4.20. The van der Waals surface area contributed by atoms with Crippen molar-refractivity contribution in [1.29, 1.82) is 0 Å². The number of piperidine rings is 1. The van der Waals surface area contributed by atoms with Crippen LogP contribution in [-0.4, -0.2) is 55.9 Å². The molecule has 0 unspecified atom stereocenters. The summed E-state index contributed by atoms with van der Waals surface area (Å²) in [6.45, 7) is 6.67. The Hall–Kier alpha value is -1.71.